The van der Waals surface area contributed by atoms with Gasteiger partial charge in [-0.15, -0.1) is 0 Å². The minimum atomic E-state index is -0.452. The average molecular weight is 335 g/mol. The summed E-state index contributed by atoms with van der Waals surface area (Å²) in [5, 5.41) is 0.346. The van der Waals surface area contributed by atoms with Gasteiger partial charge in [0.1, 0.15) is 5.75 Å². The van der Waals surface area contributed by atoms with Gasteiger partial charge in [-0.05, 0) is 35.0 Å². The Morgan fingerprint density at radius 1 is 1.61 bits per heavy atom. The number of carbonyl (C=O) groups is 1. The smallest absolute Gasteiger partial charge is 0.330 e. The van der Waals surface area contributed by atoms with E-state index in [1.165, 1.54) is 19.3 Å². The van der Waals surface area contributed by atoms with Gasteiger partial charge in [0.25, 0.3) is 0 Å². The van der Waals surface area contributed by atoms with Gasteiger partial charge < -0.3 is 15.2 Å². The fraction of sp³-hybridized carbons (Fsp3) is 0.250. The van der Waals surface area contributed by atoms with Gasteiger partial charge in [0.05, 0.1) is 24.4 Å². The van der Waals surface area contributed by atoms with Gasteiger partial charge in [-0.3, -0.25) is 0 Å². The summed E-state index contributed by atoms with van der Waals surface area (Å²) in [4.78, 5) is 11.2. The molecule has 98 valence electrons. The van der Waals surface area contributed by atoms with Crippen LogP contribution in [0.3, 0.4) is 0 Å². The molecule has 0 fully saturated rings. The van der Waals surface area contributed by atoms with Crippen molar-refractivity contribution in [3.8, 4) is 5.75 Å². The molecule has 0 saturated carbocycles. The van der Waals surface area contributed by atoms with Crippen LogP contribution in [0.4, 0.5) is 5.69 Å². The number of ether oxygens (including phenoxy) is 2. The van der Waals surface area contributed by atoms with Crippen molar-refractivity contribution in [3.05, 3.63) is 27.2 Å². The van der Waals surface area contributed by atoms with Crippen LogP contribution in [0.5, 0.6) is 5.75 Å². The summed E-state index contributed by atoms with van der Waals surface area (Å²) < 4.78 is 10.5. The molecule has 0 spiro atoms. The van der Waals surface area contributed by atoms with Crippen LogP contribution in [-0.2, 0) is 9.53 Å². The van der Waals surface area contributed by atoms with E-state index in [-0.39, 0.29) is 0 Å². The number of nitrogens with two attached hydrogens (primary N) is 1. The first-order valence-corrected chi connectivity index (χ1v) is 6.34. The lowest BCUT2D eigenvalue weighted by Gasteiger charge is -2.10. The predicted octanol–water partition coefficient (Wildman–Crippen LogP) is 3.27. The van der Waals surface area contributed by atoms with Gasteiger partial charge in [-0.25, -0.2) is 4.79 Å². The minimum absolute atomic E-state index is 0.314. The standard InChI is InChI=1S/C12H13BrClNO3/c1-3-18-10(16)5-4-7-11(14)9(17-2)6-8(13)12(7)15/h4-6H,3,15H2,1-2H3/b5-4+. The van der Waals surface area contributed by atoms with E-state index in [2.05, 4.69) is 15.9 Å². The Morgan fingerprint density at radius 3 is 2.83 bits per heavy atom. The SMILES string of the molecule is CCOC(=O)/C=C/c1c(N)c(Br)cc(OC)c1Cl. The van der Waals surface area contributed by atoms with Gasteiger partial charge in [-0.1, -0.05) is 11.6 Å². The number of methoxy groups -OCH3 is 1. The van der Waals surface area contributed by atoms with Crippen LogP contribution in [0.25, 0.3) is 6.08 Å². The molecule has 2 N–H and O–H groups in total. The molecule has 0 unspecified atom stereocenters. The van der Waals surface area contributed by atoms with Crippen LogP contribution in [0.15, 0.2) is 16.6 Å². The molecule has 1 aromatic rings. The van der Waals surface area contributed by atoms with Gasteiger partial charge in [-0.2, -0.15) is 0 Å². The van der Waals surface area contributed by atoms with Gasteiger partial charge in [0, 0.05) is 16.1 Å². The van der Waals surface area contributed by atoms with Crippen LogP contribution >= 0.6 is 27.5 Å². The Hall–Kier alpha value is -1.20. The number of halogens is 2. The number of rotatable bonds is 4. The zero-order valence-electron chi connectivity index (χ0n) is 10.00. The highest BCUT2D eigenvalue weighted by molar-refractivity contribution is 9.10. The maximum Gasteiger partial charge on any atom is 0.330 e. The van der Waals surface area contributed by atoms with Crippen LogP contribution in [0, 0.1) is 0 Å². The summed E-state index contributed by atoms with van der Waals surface area (Å²) in [6, 6.07) is 1.67. The maximum absolute atomic E-state index is 11.2. The van der Waals surface area contributed by atoms with Crippen molar-refractivity contribution in [1.29, 1.82) is 0 Å². The second-order valence-electron chi connectivity index (χ2n) is 3.29. The van der Waals surface area contributed by atoms with Gasteiger partial charge in [0.15, 0.2) is 0 Å². The number of nitrogen functional groups attached to an aromatic ring is 1. The van der Waals surface area contributed by atoms with Crippen molar-refractivity contribution in [2.45, 2.75) is 6.92 Å². The first kappa shape index (κ1) is 14.9. The van der Waals surface area contributed by atoms with Gasteiger partial charge >= 0.3 is 5.97 Å². The minimum Gasteiger partial charge on any atom is -0.495 e. The van der Waals surface area contributed by atoms with Crippen molar-refractivity contribution in [1.82, 2.24) is 0 Å². The molecule has 0 amide bonds. The normalized spacial score (nSPS) is 10.7. The third-order valence-corrected chi connectivity index (χ3v) is 3.20. The number of carbonyl (C=O) groups excluding carboxylic acids is 1. The lowest BCUT2D eigenvalue weighted by molar-refractivity contribution is -0.137. The molecule has 4 nitrogen and oxygen atoms in total. The molecule has 1 aromatic carbocycles. The fourth-order valence-electron chi connectivity index (χ4n) is 1.29. The summed E-state index contributed by atoms with van der Waals surface area (Å²) in [5.74, 6) is 0.0214. The third-order valence-electron chi connectivity index (χ3n) is 2.15. The van der Waals surface area contributed by atoms with Crippen molar-refractivity contribution in [2.75, 3.05) is 19.5 Å². The molecule has 6 heteroatoms. The van der Waals surface area contributed by atoms with Gasteiger partial charge in [0.2, 0.25) is 0 Å². The Labute approximate surface area is 119 Å². The molecule has 0 atom stereocenters. The third kappa shape index (κ3) is 3.40. The zero-order valence-corrected chi connectivity index (χ0v) is 12.3. The first-order valence-electron chi connectivity index (χ1n) is 5.17. The Morgan fingerprint density at radius 2 is 2.28 bits per heavy atom. The number of esters is 1. The van der Waals surface area contributed by atoms with E-state index < -0.39 is 5.97 Å². The summed E-state index contributed by atoms with van der Waals surface area (Å²) in [7, 11) is 1.50. The molecule has 0 bridgehead atoms. The van der Waals surface area contributed by atoms with E-state index in [0.29, 0.717) is 33.1 Å². The second-order valence-corrected chi connectivity index (χ2v) is 4.52. The molecule has 0 aliphatic rings. The predicted molar refractivity (Wildman–Crippen MR) is 75.8 cm³/mol. The number of hydrogen-bond acceptors (Lipinski definition) is 4. The van der Waals surface area contributed by atoms with E-state index >= 15 is 0 Å². The molecule has 0 aromatic heterocycles. The van der Waals surface area contributed by atoms with Crippen LogP contribution < -0.4 is 10.5 Å². The fourth-order valence-corrected chi connectivity index (χ4v) is 2.01. The number of hydrogen-bond donors (Lipinski definition) is 1. The Balaban J connectivity index is 3.15. The van der Waals surface area contributed by atoms with E-state index in [1.54, 1.807) is 13.0 Å². The van der Waals surface area contributed by atoms with E-state index in [9.17, 15) is 4.79 Å². The molecule has 0 aliphatic heterocycles. The van der Waals surface area contributed by atoms with Crippen LogP contribution in [-0.4, -0.2) is 19.7 Å². The molecule has 0 radical (unpaired) electrons. The highest BCUT2D eigenvalue weighted by atomic mass is 79.9. The molecule has 18 heavy (non-hydrogen) atoms. The summed E-state index contributed by atoms with van der Waals surface area (Å²) in [6.45, 7) is 2.05. The van der Waals surface area contributed by atoms with Crippen LogP contribution in [0.2, 0.25) is 5.02 Å². The second kappa shape index (κ2) is 6.66. The molecule has 0 saturated heterocycles. The molecule has 0 aliphatic carbocycles. The topological polar surface area (TPSA) is 61.5 Å². The van der Waals surface area contributed by atoms with Crippen molar-refractivity contribution < 1.29 is 14.3 Å². The zero-order chi connectivity index (χ0) is 13.7. The van der Waals surface area contributed by atoms with E-state index in [4.69, 9.17) is 26.8 Å². The monoisotopic (exact) mass is 333 g/mol. The average Bonchev–Trinajstić information content (AvgIpc) is 2.34. The lowest BCUT2D eigenvalue weighted by Crippen LogP contribution is -2.00. The van der Waals surface area contributed by atoms with Crippen molar-refractivity contribution in [2.24, 2.45) is 0 Å². The Bertz CT molecular complexity index is 489. The first-order chi connectivity index (χ1) is 8.51. The summed E-state index contributed by atoms with van der Waals surface area (Å²) >= 11 is 9.41. The van der Waals surface area contributed by atoms with E-state index in [1.807, 2.05) is 0 Å². The summed E-state index contributed by atoms with van der Waals surface area (Å²) in [5.41, 5.74) is 6.82. The molecular formula is C12H13BrClNO3. The molecule has 1 rings (SSSR count). The number of anilines is 1. The highest BCUT2D eigenvalue weighted by Crippen LogP contribution is 2.38. The number of benzene rings is 1. The summed E-state index contributed by atoms with van der Waals surface area (Å²) in [6.07, 6.45) is 2.77. The molecule has 0 heterocycles. The van der Waals surface area contributed by atoms with E-state index in [0.717, 1.165) is 0 Å². The largest absolute Gasteiger partial charge is 0.495 e. The molecular weight excluding hydrogens is 321 g/mol. The quantitative estimate of drug-likeness (QED) is 0.521. The van der Waals surface area contributed by atoms with Crippen LogP contribution in [0.1, 0.15) is 12.5 Å². The van der Waals surface area contributed by atoms with Crippen molar-refractivity contribution in [3.63, 3.8) is 0 Å². The Kier molecular flexibility index (Phi) is 5.50. The van der Waals surface area contributed by atoms with Crippen molar-refractivity contribution >= 4 is 45.3 Å². The highest BCUT2D eigenvalue weighted by Gasteiger charge is 2.12. The maximum atomic E-state index is 11.2. The lowest BCUT2D eigenvalue weighted by atomic mass is 10.1.